The van der Waals surface area contributed by atoms with Crippen molar-refractivity contribution in [1.82, 2.24) is 14.7 Å². The Labute approximate surface area is 150 Å². The van der Waals surface area contributed by atoms with Crippen LogP contribution in [0.1, 0.15) is 44.4 Å². The fraction of sp³-hybridized carbons (Fsp3) is 0.500. The Morgan fingerprint density at radius 2 is 2.00 bits per heavy atom. The molecule has 1 aliphatic rings. The van der Waals surface area contributed by atoms with Gasteiger partial charge in [0, 0.05) is 25.1 Å². The van der Waals surface area contributed by atoms with Crippen LogP contribution in [0.5, 0.6) is 0 Å². The Balaban J connectivity index is 1.56. The van der Waals surface area contributed by atoms with E-state index in [9.17, 15) is 4.79 Å². The summed E-state index contributed by atoms with van der Waals surface area (Å²) in [5, 5.41) is 7.51. The summed E-state index contributed by atoms with van der Waals surface area (Å²) in [7, 11) is 1.87. The molecule has 3 rings (SSSR count). The lowest BCUT2D eigenvalue weighted by Crippen LogP contribution is -2.31. The Morgan fingerprint density at radius 1 is 1.28 bits per heavy atom. The Morgan fingerprint density at radius 3 is 2.64 bits per heavy atom. The first-order valence-electron chi connectivity index (χ1n) is 8.94. The van der Waals surface area contributed by atoms with Crippen molar-refractivity contribution >= 4 is 11.7 Å². The summed E-state index contributed by atoms with van der Waals surface area (Å²) < 4.78 is 1.75. The number of aryl methyl sites for hydroxylation is 1. The van der Waals surface area contributed by atoms with E-state index in [0.29, 0.717) is 12.5 Å². The normalized spacial score (nSPS) is 18.5. The van der Waals surface area contributed by atoms with Crippen LogP contribution < -0.4 is 5.32 Å². The molecule has 0 unspecified atom stereocenters. The first-order chi connectivity index (χ1) is 11.8. The average Bonchev–Trinajstić information content (AvgIpc) is 3.15. The maximum atomic E-state index is 12.4. The number of hydrogen-bond donors (Lipinski definition) is 1. The first-order valence-corrected chi connectivity index (χ1v) is 8.94. The highest BCUT2D eigenvalue weighted by Crippen LogP contribution is 2.27. The molecule has 1 atom stereocenters. The van der Waals surface area contributed by atoms with Gasteiger partial charge in [0.15, 0.2) is 0 Å². The number of nitrogens with zero attached hydrogens (tertiary/aromatic N) is 3. The second-order valence-corrected chi connectivity index (χ2v) is 7.97. The lowest BCUT2D eigenvalue weighted by atomic mass is 9.92. The van der Waals surface area contributed by atoms with Gasteiger partial charge < -0.3 is 5.32 Å². The molecule has 0 bridgehead atoms. The highest BCUT2D eigenvalue weighted by Gasteiger charge is 2.25. The zero-order chi connectivity index (χ0) is 18.0. The molecule has 2 aromatic rings. The number of hydrogen-bond acceptors (Lipinski definition) is 3. The molecule has 0 radical (unpaired) electrons. The van der Waals surface area contributed by atoms with Crippen LogP contribution in [0.3, 0.4) is 0 Å². The van der Waals surface area contributed by atoms with Crippen LogP contribution in [0.2, 0.25) is 0 Å². The molecule has 0 saturated carbocycles. The van der Waals surface area contributed by atoms with Crippen molar-refractivity contribution in [3.05, 3.63) is 47.7 Å². The van der Waals surface area contributed by atoms with E-state index in [1.807, 2.05) is 19.2 Å². The zero-order valence-corrected chi connectivity index (χ0v) is 15.6. The highest BCUT2D eigenvalue weighted by molar-refractivity contribution is 5.91. The second-order valence-electron chi connectivity index (χ2n) is 7.97. The van der Waals surface area contributed by atoms with E-state index < -0.39 is 0 Å². The number of carbonyl (C=O) groups is 1. The molecular formula is C20H28N4O. The maximum Gasteiger partial charge on any atom is 0.239 e. The molecule has 25 heavy (non-hydrogen) atoms. The largest absolute Gasteiger partial charge is 0.310 e. The monoisotopic (exact) mass is 340 g/mol. The number of anilines is 1. The van der Waals surface area contributed by atoms with Gasteiger partial charge in [-0.2, -0.15) is 5.10 Å². The van der Waals surface area contributed by atoms with Crippen molar-refractivity contribution in [3.63, 3.8) is 0 Å². The van der Waals surface area contributed by atoms with Gasteiger partial charge in [-0.1, -0.05) is 51.1 Å². The van der Waals surface area contributed by atoms with Crippen LogP contribution in [-0.2, 0) is 17.3 Å². The molecule has 1 aromatic heterocycles. The maximum absolute atomic E-state index is 12.4. The van der Waals surface area contributed by atoms with E-state index in [-0.39, 0.29) is 11.3 Å². The minimum absolute atomic E-state index is 0.0252. The number of amides is 1. The molecule has 0 spiro atoms. The minimum atomic E-state index is -0.0292. The van der Waals surface area contributed by atoms with Gasteiger partial charge >= 0.3 is 0 Å². The van der Waals surface area contributed by atoms with Crippen molar-refractivity contribution in [2.24, 2.45) is 7.05 Å². The molecular weight excluding hydrogens is 312 g/mol. The van der Waals surface area contributed by atoms with Crippen LogP contribution in [0, 0.1) is 0 Å². The van der Waals surface area contributed by atoms with E-state index in [1.54, 1.807) is 4.68 Å². The smallest absolute Gasteiger partial charge is 0.239 e. The third kappa shape index (κ3) is 4.28. The zero-order valence-electron chi connectivity index (χ0n) is 15.6. The molecule has 1 aliphatic heterocycles. The van der Waals surface area contributed by atoms with Crippen LogP contribution in [0.25, 0.3) is 0 Å². The molecule has 1 saturated heterocycles. The highest BCUT2D eigenvalue weighted by atomic mass is 16.2. The van der Waals surface area contributed by atoms with Crippen molar-refractivity contribution < 1.29 is 4.79 Å². The molecule has 5 heteroatoms. The van der Waals surface area contributed by atoms with E-state index >= 15 is 0 Å². The van der Waals surface area contributed by atoms with E-state index in [1.165, 1.54) is 5.56 Å². The van der Waals surface area contributed by atoms with E-state index in [4.69, 9.17) is 0 Å². The standard InChI is InChI=1S/C20H28N4O/c1-20(2,3)17-12-18(23(4)22-17)21-19(25)14-24-11-10-16(13-24)15-8-6-5-7-9-15/h5-9,12,16H,10-11,13-14H2,1-4H3,(H,21,25)/t16-/m0/s1. The predicted octanol–water partition coefficient (Wildman–Crippen LogP) is 3.15. The van der Waals surface area contributed by atoms with Gasteiger partial charge in [0.05, 0.1) is 12.2 Å². The summed E-state index contributed by atoms with van der Waals surface area (Å²) in [6.07, 6.45) is 1.11. The van der Waals surface area contributed by atoms with Gasteiger partial charge in [-0.05, 0) is 24.4 Å². The van der Waals surface area contributed by atoms with E-state index in [2.05, 4.69) is 60.4 Å². The Hall–Kier alpha value is -2.14. The number of rotatable bonds is 4. The molecule has 0 aliphatic carbocycles. The molecule has 2 heterocycles. The summed E-state index contributed by atoms with van der Waals surface area (Å²) in [6, 6.07) is 12.5. The number of nitrogens with one attached hydrogen (secondary N) is 1. The number of likely N-dealkylation sites (tertiary alicyclic amines) is 1. The van der Waals surface area contributed by atoms with Crippen molar-refractivity contribution in [2.45, 2.75) is 38.5 Å². The molecule has 5 nitrogen and oxygen atoms in total. The Bertz CT molecular complexity index is 730. The van der Waals surface area contributed by atoms with Crippen LogP contribution in [0.4, 0.5) is 5.82 Å². The Kier molecular flexibility index (Phi) is 4.95. The van der Waals surface area contributed by atoms with Gasteiger partial charge in [-0.15, -0.1) is 0 Å². The fourth-order valence-electron chi connectivity index (χ4n) is 3.31. The number of benzene rings is 1. The lowest BCUT2D eigenvalue weighted by molar-refractivity contribution is -0.117. The van der Waals surface area contributed by atoms with Crippen LogP contribution >= 0.6 is 0 Å². The molecule has 1 amide bonds. The summed E-state index contributed by atoms with van der Waals surface area (Å²) in [4.78, 5) is 14.7. The van der Waals surface area contributed by atoms with E-state index in [0.717, 1.165) is 31.0 Å². The topological polar surface area (TPSA) is 50.2 Å². The molecule has 134 valence electrons. The second kappa shape index (κ2) is 7.00. The van der Waals surface area contributed by atoms with Crippen molar-refractivity contribution in [1.29, 1.82) is 0 Å². The minimum Gasteiger partial charge on any atom is -0.310 e. The summed E-state index contributed by atoms with van der Waals surface area (Å²) in [5.41, 5.74) is 2.32. The fourth-order valence-corrected chi connectivity index (χ4v) is 3.31. The summed E-state index contributed by atoms with van der Waals surface area (Å²) in [5.74, 6) is 1.31. The summed E-state index contributed by atoms with van der Waals surface area (Å²) >= 11 is 0. The number of aromatic nitrogens is 2. The van der Waals surface area contributed by atoms with Gasteiger partial charge in [-0.3, -0.25) is 14.4 Å². The SMILES string of the molecule is Cn1nc(C(C)(C)C)cc1NC(=O)CN1CC[C@H](c2ccccc2)C1. The van der Waals surface area contributed by atoms with Gasteiger partial charge in [-0.25, -0.2) is 0 Å². The van der Waals surface area contributed by atoms with Crippen LogP contribution in [0.15, 0.2) is 36.4 Å². The third-order valence-corrected chi connectivity index (χ3v) is 4.83. The molecule has 1 fully saturated rings. The van der Waals surface area contributed by atoms with Crippen LogP contribution in [-0.4, -0.2) is 40.2 Å². The van der Waals surface area contributed by atoms with Gasteiger partial charge in [0.2, 0.25) is 5.91 Å². The average molecular weight is 340 g/mol. The lowest BCUT2D eigenvalue weighted by Gasteiger charge is -2.16. The molecule has 1 N–H and O–H groups in total. The predicted molar refractivity (Wildman–Crippen MR) is 101 cm³/mol. The third-order valence-electron chi connectivity index (χ3n) is 4.83. The first kappa shape index (κ1) is 17.7. The quantitative estimate of drug-likeness (QED) is 0.930. The number of carbonyl (C=O) groups excluding carboxylic acids is 1. The van der Waals surface area contributed by atoms with Crippen molar-refractivity contribution in [3.8, 4) is 0 Å². The van der Waals surface area contributed by atoms with Crippen molar-refractivity contribution in [2.75, 3.05) is 25.0 Å². The molecule has 1 aromatic carbocycles. The summed E-state index contributed by atoms with van der Waals surface area (Å²) in [6.45, 7) is 8.69. The van der Waals surface area contributed by atoms with Gasteiger partial charge in [0.1, 0.15) is 5.82 Å². The van der Waals surface area contributed by atoms with Gasteiger partial charge in [0.25, 0.3) is 0 Å².